The van der Waals surface area contributed by atoms with Crippen LogP contribution in [-0.2, 0) is 6.54 Å². The molecule has 4 heteroatoms. The van der Waals surface area contributed by atoms with E-state index in [4.69, 9.17) is 5.73 Å². The van der Waals surface area contributed by atoms with Gasteiger partial charge in [0, 0.05) is 22.6 Å². The van der Waals surface area contributed by atoms with E-state index in [0.29, 0.717) is 18.5 Å². The maximum absolute atomic E-state index is 13.7. The van der Waals surface area contributed by atoms with Gasteiger partial charge in [0.25, 0.3) is 0 Å². The molecule has 0 bridgehead atoms. The predicted octanol–water partition coefficient (Wildman–Crippen LogP) is 3.15. The summed E-state index contributed by atoms with van der Waals surface area (Å²) >= 11 is 3.39. The molecule has 0 radical (unpaired) electrons. The third kappa shape index (κ3) is 3.11. The number of nitrogens with two attached hydrogens (primary N) is 1. The molecule has 0 amide bonds. The minimum Gasteiger partial charge on any atom is -0.330 e. The maximum Gasteiger partial charge on any atom is 0.127 e. The normalized spacial score (nSPS) is 23.8. The minimum atomic E-state index is -0.132. The van der Waals surface area contributed by atoms with E-state index in [9.17, 15) is 4.39 Å². The Morgan fingerprint density at radius 1 is 1.44 bits per heavy atom. The second-order valence-corrected chi connectivity index (χ2v) is 6.06. The average Bonchev–Trinajstić information content (AvgIpc) is 2.82. The lowest BCUT2D eigenvalue weighted by molar-refractivity contribution is 0.190. The number of hydrogen-bond donors (Lipinski definition) is 1. The van der Waals surface area contributed by atoms with Crippen molar-refractivity contribution in [1.29, 1.82) is 0 Å². The van der Waals surface area contributed by atoms with Crippen molar-refractivity contribution < 1.29 is 4.39 Å². The van der Waals surface area contributed by atoms with Gasteiger partial charge < -0.3 is 5.73 Å². The highest BCUT2D eigenvalue weighted by Crippen LogP contribution is 2.29. The van der Waals surface area contributed by atoms with Crippen molar-refractivity contribution in [2.24, 2.45) is 11.7 Å². The topological polar surface area (TPSA) is 29.3 Å². The molecule has 1 saturated carbocycles. The molecule has 1 fully saturated rings. The van der Waals surface area contributed by atoms with Crippen LogP contribution >= 0.6 is 15.9 Å². The van der Waals surface area contributed by atoms with E-state index in [-0.39, 0.29) is 5.82 Å². The summed E-state index contributed by atoms with van der Waals surface area (Å²) in [6.07, 6.45) is 3.61. The summed E-state index contributed by atoms with van der Waals surface area (Å²) in [5.41, 5.74) is 6.55. The van der Waals surface area contributed by atoms with Crippen molar-refractivity contribution in [1.82, 2.24) is 4.90 Å². The van der Waals surface area contributed by atoms with Crippen LogP contribution in [0.5, 0.6) is 0 Å². The van der Waals surface area contributed by atoms with E-state index in [2.05, 4.69) is 27.9 Å². The zero-order valence-electron chi connectivity index (χ0n) is 10.7. The van der Waals surface area contributed by atoms with Crippen molar-refractivity contribution in [3.05, 3.63) is 34.1 Å². The standard InChI is InChI=1S/C14H20BrFN2/c1-18(14-4-2-3-10(14)8-17)9-11-7-12(15)5-6-13(11)16/h5-7,10,14H,2-4,8-9,17H2,1H3. The highest BCUT2D eigenvalue weighted by Gasteiger charge is 2.29. The molecule has 0 heterocycles. The quantitative estimate of drug-likeness (QED) is 0.925. The summed E-state index contributed by atoms with van der Waals surface area (Å²) in [4.78, 5) is 2.25. The van der Waals surface area contributed by atoms with E-state index in [0.717, 1.165) is 16.6 Å². The summed E-state index contributed by atoms with van der Waals surface area (Å²) in [5, 5.41) is 0. The first kappa shape index (κ1) is 14.0. The molecule has 1 aliphatic carbocycles. The lowest BCUT2D eigenvalue weighted by atomic mass is 10.0. The number of nitrogens with zero attached hydrogens (tertiary/aromatic N) is 1. The molecule has 1 aromatic carbocycles. The molecule has 0 saturated heterocycles. The van der Waals surface area contributed by atoms with Crippen molar-refractivity contribution in [3.63, 3.8) is 0 Å². The molecule has 2 nitrogen and oxygen atoms in total. The molecule has 1 aliphatic rings. The maximum atomic E-state index is 13.7. The van der Waals surface area contributed by atoms with E-state index in [1.54, 1.807) is 6.07 Å². The molecule has 2 N–H and O–H groups in total. The molecule has 1 aromatic rings. The van der Waals surface area contributed by atoms with Crippen LogP contribution in [0.4, 0.5) is 4.39 Å². The first-order valence-corrected chi connectivity index (χ1v) is 7.25. The lowest BCUT2D eigenvalue weighted by Crippen LogP contribution is -2.37. The van der Waals surface area contributed by atoms with Gasteiger partial charge in [0.2, 0.25) is 0 Å². The van der Waals surface area contributed by atoms with Crippen LogP contribution in [0.15, 0.2) is 22.7 Å². The van der Waals surface area contributed by atoms with Gasteiger partial charge in [-0.15, -0.1) is 0 Å². The Kier molecular flexibility index (Phi) is 4.76. The van der Waals surface area contributed by atoms with Crippen LogP contribution in [0.1, 0.15) is 24.8 Å². The van der Waals surface area contributed by atoms with Crippen molar-refractivity contribution in [2.45, 2.75) is 31.8 Å². The van der Waals surface area contributed by atoms with Gasteiger partial charge in [-0.3, -0.25) is 4.90 Å². The molecule has 2 rings (SSSR count). The Bertz CT molecular complexity index is 411. The highest BCUT2D eigenvalue weighted by molar-refractivity contribution is 9.10. The SMILES string of the molecule is CN(Cc1cc(Br)ccc1F)C1CCCC1CN. The van der Waals surface area contributed by atoms with E-state index < -0.39 is 0 Å². The Balaban J connectivity index is 2.06. The minimum absolute atomic E-state index is 0.132. The molecular formula is C14H20BrFN2. The fraction of sp³-hybridized carbons (Fsp3) is 0.571. The lowest BCUT2D eigenvalue weighted by Gasteiger charge is -2.29. The monoisotopic (exact) mass is 314 g/mol. The van der Waals surface area contributed by atoms with Gasteiger partial charge in [-0.2, -0.15) is 0 Å². The van der Waals surface area contributed by atoms with E-state index >= 15 is 0 Å². The van der Waals surface area contributed by atoms with Crippen molar-refractivity contribution in [3.8, 4) is 0 Å². The molecule has 18 heavy (non-hydrogen) atoms. The first-order chi connectivity index (χ1) is 8.61. The van der Waals surface area contributed by atoms with Crippen LogP contribution in [0.3, 0.4) is 0 Å². The fourth-order valence-electron chi connectivity index (χ4n) is 2.92. The van der Waals surface area contributed by atoms with Crippen LogP contribution in [0, 0.1) is 11.7 Å². The van der Waals surface area contributed by atoms with Crippen LogP contribution in [-0.4, -0.2) is 24.5 Å². The molecular weight excluding hydrogens is 295 g/mol. The summed E-state index contributed by atoms with van der Waals surface area (Å²) < 4.78 is 14.6. The van der Waals surface area contributed by atoms with Gasteiger partial charge in [-0.05, 0) is 50.6 Å². The zero-order chi connectivity index (χ0) is 13.1. The summed E-state index contributed by atoms with van der Waals surface area (Å²) in [6.45, 7) is 1.38. The van der Waals surface area contributed by atoms with Gasteiger partial charge in [-0.25, -0.2) is 4.39 Å². The summed E-state index contributed by atoms with van der Waals surface area (Å²) in [5.74, 6) is 0.428. The molecule has 100 valence electrons. The van der Waals surface area contributed by atoms with Gasteiger partial charge in [0.05, 0.1) is 0 Å². The third-order valence-electron chi connectivity index (χ3n) is 3.92. The summed E-state index contributed by atoms with van der Waals surface area (Å²) in [6, 6.07) is 5.60. The Morgan fingerprint density at radius 3 is 2.94 bits per heavy atom. The largest absolute Gasteiger partial charge is 0.330 e. The Labute approximate surface area is 116 Å². The number of benzene rings is 1. The summed E-state index contributed by atoms with van der Waals surface area (Å²) in [7, 11) is 2.07. The van der Waals surface area contributed by atoms with Crippen molar-refractivity contribution in [2.75, 3.05) is 13.6 Å². The highest BCUT2D eigenvalue weighted by atomic mass is 79.9. The Morgan fingerprint density at radius 2 is 2.22 bits per heavy atom. The molecule has 0 spiro atoms. The fourth-order valence-corrected chi connectivity index (χ4v) is 3.33. The van der Waals surface area contributed by atoms with Crippen molar-refractivity contribution >= 4 is 15.9 Å². The van der Waals surface area contributed by atoms with E-state index in [1.165, 1.54) is 25.3 Å². The zero-order valence-corrected chi connectivity index (χ0v) is 12.3. The van der Waals surface area contributed by atoms with Gasteiger partial charge >= 0.3 is 0 Å². The molecule has 2 unspecified atom stereocenters. The second kappa shape index (κ2) is 6.13. The smallest absolute Gasteiger partial charge is 0.127 e. The van der Waals surface area contributed by atoms with Crippen LogP contribution < -0.4 is 5.73 Å². The predicted molar refractivity (Wildman–Crippen MR) is 75.8 cm³/mol. The van der Waals surface area contributed by atoms with Gasteiger partial charge in [0.15, 0.2) is 0 Å². The van der Waals surface area contributed by atoms with Gasteiger partial charge in [0.1, 0.15) is 5.82 Å². The number of halogens is 2. The first-order valence-electron chi connectivity index (χ1n) is 6.46. The van der Waals surface area contributed by atoms with Crippen LogP contribution in [0.25, 0.3) is 0 Å². The third-order valence-corrected chi connectivity index (χ3v) is 4.41. The molecule has 0 aromatic heterocycles. The Hall–Kier alpha value is -0.450. The average molecular weight is 315 g/mol. The molecule has 2 atom stereocenters. The van der Waals surface area contributed by atoms with E-state index in [1.807, 2.05) is 6.07 Å². The van der Waals surface area contributed by atoms with Gasteiger partial charge in [-0.1, -0.05) is 22.4 Å². The van der Waals surface area contributed by atoms with Crippen LogP contribution in [0.2, 0.25) is 0 Å². The molecule has 0 aliphatic heterocycles. The number of rotatable bonds is 4. The second-order valence-electron chi connectivity index (χ2n) is 5.14. The number of hydrogen-bond acceptors (Lipinski definition) is 2.